The van der Waals surface area contributed by atoms with Crippen LogP contribution in [0.2, 0.25) is 0 Å². The van der Waals surface area contributed by atoms with Crippen molar-refractivity contribution in [2.45, 2.75) is 30.7 Å². The summed E-state index contributed by atoms with van der Waals surface area (Å²) in [6.07, 6.45) is -2.10. The van der Waals surface area contributed by atoms with Crippen LogP contribution in [0.25, 0.3) is 0 Å². The van der Waals surface area contributed by atoms with Crippen LogP contribution in [0.5, 0.6) is 0 Å². The van der Waals surface area contributed by atoms with E-state index < -0.39 is 28.0 Å². The fourth-order valence-electron chi connectivity index (χ4n) is 2.60. The van der Waals surface area contributed by atoms with Crippen LogP contribution in [0.1, 0.15) is 19.3 Å². The summed E-state index contributed by atoms with van der Waals surface area (Å²) >= 11 is 0. The Balaban J connectivity index is 1.63. The van der Waals surface area contributed by atoms with Crippen LogP contribution in [0.3, 0.4) is 0 Å². The van der Waals surface area contributed by atoms with E-state index in [2.05, 4.69) is 4.72 Å². The van der Waals surface area contributed by atoms with Gasteiger partial charge in [0.05, 0.1) is 19.8 Å². The van der Waals surface area contributed by atoms with E-state index in [-0.39, 0.29) is 19.1 Å². The maximum absolute atomic E-state index is 12.3. The lowest BCUT2D eigenvalue weighted by Crippen LogP contribution is -2.47. The molecule has 0 unspecified atom stereocenters. The zero-order valence-electron chi connectivity index (χ0n) is 11.7. The van der Waals surface area contributed by atoms with Crippen LogP contribution >= 0.6 is 0 Å². The Morgan fingerprint density at radius 2 is 1.81 bits per heavy atom. The molecule has 0 aliphatic carbocycles. The molecule has 2 aliphatic rings. The summed E-state index contributed by atoms with van der Waals surface area (Å²) < 4.78 is 67.7. The molecular weight excluding hydrogens is 309 g/mol. The predicted molar refractivity (Wildman–Crippen MR) is 71.4 cm³/mol. The molecule has 2 heterocycles. The maximum atomic E-state index is 12.3. The Morgan fingerprint density at radius 3 is 2.29 bits per heavy atom. The molecule has 0 atom stereocenters. The maximum Gasteiger partial charge on any atom is 0.401 e. The van der Waals surface area contributed by atoms with Gasteiger partial charge in [0.2, 0.25) is 10.0 Å². The summed E-state index contributed by atoms with van der Waals surface area (Å²) in [6.45, 7) is 0.827. The first-order valence-electron chi connectivity index (χ1n) is 7.11. The Kier molecular flexibility index (Phi) is 5.50. The van der Waals surface area contributed by atoms with Gasteiger partial charge < -0.3 is 4.74 Å². The van der Waals surface area contributed by atoms with Gasteiger partial charge in [0.15, 0.2) is 0 Å². The number of nitrogens with zero attached hydrogens (tertiary/aromatic N) is 1. The Bertz CT molecular complexity index is 430. The molecule has 0 aromatic carbocycles. The van der Waals surface area contributed by atoms with Gasteiger partial charge in [-0.15, -0.1) is 0 Å². The summed E-state index contributed by atoms with van der Waals surface area (Å²) in [5, 5.41) is -0.453. The molecule has 5 nitrogen and oxygen atoms in total. The van der Waals surface area contributed by atoms with Gasteiger partial charge >= 0.3 is 6.18 Å². The van der Waals surface area contributed by atoms with Crippen LogP contribution in [0.4, 0.5) is 13.2 Å². The van der Waals surface area contributed by atoms with Gasteiger partial charge in [-0.2, -0.15) is 13.2 Å². The molecule has 2 aliphatic heterocycles. The number of likely N-dealkylation sites (tertiary alicyclic amines) is 1. The third kappa shape index (κ3) is 5.39. The van der Waals surface area contributed by atoms with Crippen LogP contribution in [-0.2, 0) is 14.8 Å². The highest BCUT2D eigenvalue weighted by molar-refractivity contribution is 7.90. The molecule has 0 radical (unpaired) electrons. The molecule has 0 aromatic rings. The molecule has 0 aromatic heterocycles. The normalized spacial score (nSPS) is 23.2. The highest BCUT2D eigenvalue weighted by Crippen LogP contribution is 2.24. The number of halogens is 3. The fourth-order valence-corrected chi connectivity index (χ4v) is 3.79. The van der Waals surface area contributed by atoms with Crippen LogP contribution in [0, 0.1) is 5.92 Å². The second kappa shape index (κ2) is 6.80. The van der Waals surface area contributed by atoms with Gasteiger partial charge in [-0.1, -0.05) is 0 Å². The first-order chi connectivity index (χ1) is 9.76. The first kappa shape index (κ1) is 17.0. The second-order valence-electron chi connectivity index (χ2n) is 5.72. The van der Waals surface area contributed by atoms with Gasteiger partial charge in [0, 0.05) is 6.54 Å². The van der Waals surface area contributed by atoms with Gasteiger partial charge in [0.25, 0.3) is 0 Å². The largest absolute Gasteiger partial charge is 0.401 e. The topological polar surface area (TPSA) is 58.6 Å². The average molecular weight is 330 g/mol. The Labute approximate surface area is 122 Å². The summed E-state index contributed by atoms with van der Waals surface area (Å²) in [5.41, 5.74) is 0. The zero-order chi connectivity index (χ0) is 15.5. The van der Waals surface area contributed by atoms with Gasteiger partial charge in [-0.05, 0) is 38.3 Å². The molecule has 1 N–H and O–H groups in total. The number of ether oxygens (including phenoxy) is 1. The number of alkyl halides is 3. The summed E-state index contributed by atoms with van der Waals surface area (Å²) in [5.74, 6) is 0.287. The second-order valence-corrected chi connectivity index (χ2v) is 7.77. The highest BCUT2D eigenvalue weighted by Gasteiger charge is 2.33. The van der Waals surface area contributed by atoms with Crippen LogP contribution in [-0.4, -0.2) is 64.1 Å². The summed E-state index contributed by atoms with van der Waals surface area (Å²) in [6, 6.07) is 0. The zero-order valence-corrected chi connectivity index (χ0v) is 12.5. The van der Waals surface area contributed by atoms with Crippen LogP contribution in [0.15, 0.2) is 0 Å². The first-order valence-corrected chi connectivity index (χ1v) is 8.66. The predicted octanol–water partition coefficient (Wildman–Crippen LogP) is 0.969. The van der Waals surface area contributed by atoms with Crippen molar-refractivity contribution in [3.63, 3.8) is 0 Å². The molecule has 2 fully saturated rings. The smallest absolute Gasteiger partial charge is 0.378 e. The monoisotopic (exact) mass is 330 g/mol. The molecule has 0 spiro atoms. The van der Waals surface area contributed by atoms with E-state index in [1.165, 1.54) is 4.90 Å². The molecule has 21 heavy (non-hydrogen) atoms. The van der Waals surface area contributed by atoms with E-state index in [1.807, 2.05) is 0 Å². The minimum absolute atomic E-state index is 0.241. The van der Waals surface area contributed by atoms with Crippen molar-refractivity contribution < 1.29 is 26.3 Å². The molecule has 2 saturated heterocycles. The summed E-state index contributed by atoms with van der Waals surface area (Å²) in [7, 11) is -3.29. The van der Waals surface area contributed by atoms with Crippen molar-refractivity contribution in [2.24, 2.45) is 5.92 Å². The van der Waals surface area contributed by atoms with Crippen molar-refractivity contribution >= 4 is 10.0 Å². The Hall–Kier alpha value is -0.380. The van der Waals surface area contributed by atoms with Gasteiger partial charge in [-0.25, -0.2) is 13.1 Å². The van der Waals surface area contributed by atoms with E-state index in [0.29, 0.717) is 38.9 Å². The lowest BCUT2D eigenvalue weighted by molar-refractivity contribution is -0.148. The van der Waals surface area contributed by atoms with Crippen molar-refractivity contribution in [2.75, 3.05) is 39.4 Å². The standard InChI is InChI=1S/C12H21F3N2O3S/c13-12(14,15)9-17-5-2-10(3-6-17)1-4-16-21(18,19)11-7-20-8-11/h10-11,16H,1-9H2. The van der Waals surface area contributed by atoms with Crippen molar-refractivity contribution in [1.29, 1.82) is 0 Å². The Morgan fingerprint density at radius 1 is 1.19 bits per heavy atom. The third-order valence-corrected chi connectivity index (χ3v) is 5.77. The van der Waals surface area contributed by atoms with Gasteiger partial charge in [-0.3, -0.25) is 4.90 Å². The minimum Gasteiger partial charge on any atom is -0.378 e. The molecule has 2 rings (SSSR count). The number of nitrogens with one attached hydrogen (secondary N) is 1. The lowest BCUT2D eigenvalue weighted by Gasteiger charge is -2.32. The molecule has 124 valence electrons. The molecular formula is C12H21F3N2O3S. The van der Waals surface area contributed by atoms with E-state index >= 15 is 0 Å². The quantitative estimate of drug-likeness (QED) is 0.788. The number of hydrogen-bond donors (Lipinski definition) is 1. The molecule has 0 bridgehead atoms. The number of rotatable bonds is 6. The SMILES string of the molecule is O=S(=O)(NCCC1CCN(CC(F)(F)F)CC1)C1COC1. The lowest BCUT2D eigenvalue weighted by atomic mass is 9.94. The highest BCUT2D eigenvalue weighted by atomic mass is 32.2. The van der Waals surface area contributed by atoms with Crippen LogP contribution < -0.4 is 4.72 Å². The molecule has 9 heteroatoms. The fraction of sp³-hybridized carbons (Fsp3) is 1.00. The van der Waals surface area contributed by atoms with E-state index in [9.17, 15) is 21.6 Å². The number of piperidine rings is 1. The molecule has 0 amide bonds. The van der Waals surface area contributed by atoms with Gasteiger partial charge in [0.1, 0.15) is 5.25 Å². The summed E-state index contributed by atoms with van der Waals surface area (Å²) in [4.78, 5) is 1.41. The number of sulfonamides is 1. The molecule has 0 saturated carbocycles. The van der Waals surface area contributed by atoms with E-state index in [0.717, 1.165) is 0 Å². The van der Waals surface area contributed by atoms with Crippen molar-refractivity contribution in [1.82, 2.24) is 9.62 Å². The van der Waals surface area contributed by atoms with E-state index in [1.54, 1.807) is 0 Å². The van der Waals surface area contributed by atoms with Crippen molar-refractivity contribution in [3.05, 3.63) is 0 Å². The van der Waals surface area contributed by atoms with Crippen molar-refractivity contribution in [3.8, 4) is 0 Å². The minimum atomic E-state index is -4.15. The third-order valence-electron chi connectivity index (χ3n) is 4.01. The number of hydrogen-bond acceptors (Lipinski definition) is 4. The average Bonchev–Trinajstić information content (AvgIpc) is 2.26. The van der Waals surface area contributed by atoms with E-state index in [4.69, 9.17) is 4.74 Å².